The Morgan fingerprint density at radius 2 is 2.20 bits per heavy atom. The highest BCUT2D eigenvalue weighted by Crippen LogP contribution is 2.43. The highest BCUT2D eigenvalue weighted by molar-refractivity contribution is 9.10. The summed E-state index contributed by atoms with van der Waals surface area (Å²) >= 11 is 3.49. The van der Waals surface area contributed by atoms with Gasteiger partial charge in [0.25, 0.3) is 0 Å². The largest absolute Gasteiger partial charge is 0.484 e. The normalized spacial score (nSPS) is 25.1. The van der Waals surface area contributed by atoms with Crippen LogP contribution in [0.2, 0.25) is 0 Å². The van der Waals surface area contributed by atoms with E-state index in [-0.39, 0.29) is 12.1 Å². The molecule has 4 nitrogen and oxygen atoms in total. The van der Waals surface area contributed by atoms with Crippen LogP contribution in [0, 0.1) is 0 Å². The fourth-order valence-corrected chi connectivity index (χ4v) is 3.22. The summed E-state index contributed by atoms with van der Waals surface area (Å²) < 4.78 is 9.44. The van der Waals surface area contributed by atoms with Crippen molar-refractivity contribution in [3.8, 4) is 5.75 Å². The van der Waals surface area contributed by atoms with E-state index in [9.17, 15) is 0 Å². The molecule has 2 N–H and O–H groups in total. The first-order valence-electron chi connectivity index (χ1n) is 6.96. The molecular weight excluding hydrogens is 318 g/mol. The molecule has 5 heteroatoms. The van der Waals surface area contributed by atoms with Crippen molar-refractivity contribution in [3.05, 3.63) is 46.5 Å². The number of hydrogen-bond acceptors (Lipinski definition) is 3. The molecule has 0 radical (unpaired) electrons. The Hall–Kier alpha value is -1.33. The Kier molecular flexibility index (Phi) is 2.86. The van der Waals surface area contributed by atoms with Crippen LogP contribution >= 0.6 is 15.9 Å². The molecule has 1 fully saturated rings. The number of rotatable bonds is 2. The topological polar surface area (TPSA) is 53.1 Å². The average molecular weight is 334 g/mol. The van der Waals surface area contributed by atoms with Crippen LogP contribution in [-0.4, -0.2) is 9.55 Å². The molecule has 1 aliphatic carbocycles. The van der Waals surface area contributed by atoms with Crippen molar-refractivity contribution in [2.45, 2.75) is 37.5 Å². The highest BCUT2D eigenvalue weighted by atomic mass is 79.9. The van der Waals surface area contributed by atoms with Crippen LogP contribution in [-0.2, 0) is 0 Å². The molecular formula is C15H16BrN3O. The lowest BCUT2D eigenvalue weighted by Gasteiger charge is -2.30. The predicted octanol–water partition coefficient (Wildman–Crippen LogP) is 3.50. The maximum absolute atomic E-state index is 6.31. The summed E-state index contributed by atoms with van der Waals surface area (Å²) in [5, 5.41) is 0. The minimum absolute atomic E-state index is 0.00472. The summed E-state index contributed by atoms with van der Waals surface area (Å²) in [5.74, 6) is 0.881. The number of nitrogens with zero attached hydrogens (tertiary/aromatic N) is 2. The van der Waals surface area contributed by atoms with Gasteiger partial charge in [-0.05, 0) is 25.0 Å². The molecule has 1 unspecified atom stereocenters. The van der Waals surface area contributed by atoms with Crippen molar-refractivity contribution in [2.75, 3.05) is 0 Å². The third-order valence-electron chi connectivity index (χ3n) is 4.08. The first-order valence-corrected chi connectivity index (χ1v) is 7.75. The smallest absolute Gasteiger partial charge is 0.142 e. The summed E-state index contributed by atoms with van der Waals surface area (Å²) in [6.07, 6.45) is 7.10. The van der Waals surface area contributed by atoms with Crippen LogP contribution in [0.25, 0.3) is 0 Å². The Morgan fingerprint density at radius 1 is 1.35 bits per heavy atom. The van der Waals surface area contributed by atoms with Crippen LogP contribution in [0.15, 0.2) is 35.2 Å². The lowest BCUT2D eigenvalue weighted by molar-refractivity contribution is 0.153. The molecule has 0 amide bonds. The van der Waals surface area contributed by atoms with Crippen LogP contribution in [0.4, 0.5) is 0 Å². The van der Waals surface area contributed by atoms with Gasteiger partial charge in [-0.15, -0.1) is 0 Å². The fourth-order valence-electron chi connectivity index (χ4n) is 2.88. The number of ether oxygens (including phenoxy) is 1. The number of benzene rings is 1. The zero-order valence-electron chi connectivity index (χ0n) is 11.0. The summed E-state index contributed by atoms with van der Waals surface area (Å²) in [7, 11) is 0. The molecule has 0 bridgehead atoms. The van der Waals surface area contributed by atoms with Gasteiger partial charge >= 0.3 is 0 Å². The first-order chi connectivity index (χ1) is 9.72. The molecule has 1 aromatic carbocycles. The second kappa shape index (κ2) is 4.60. The number of nitrogens with two attached hydrogens (primary N) is 1. The van der Waals surface area contributed by atoms with Crippen molar-refractivity contribution in [1.82, 2.24) is 9.55 Å². The van der Waals surface area contributed by atoms with Gasteiger partial charge in [-0.3, -0.25) is 0 Å². The van der Waals surface area contributed by atoms with Gasteiger partial charge in [-0.25, -0.2) is 4.98 Å². The Bertz CT molecular complexity index is 650. The summed E-state index contributed by atoms with van der Waals surface area (Å²) in [5.41, 5.74) is 8.54. The summed E-state index contributed by atoms with van der Waals surface area (Å²) in [6.45, 7) is 0. The molecule has 104 valence electrons. The van der Waals surface area contributed by atoms with E-state index in [1.165, 1.54) is 12.8 Å². The first kappa shape index (κ1) is 12.4. The second-order valence-electron chi connectivity index (χ2n) is 5.59. The molecule has 1 saturated carbocycles. The van der Waals surface area contributed by atoms with Crippen molar-refractivity contribution >= 4 is 15.9 Å². The minimum Gasteiger partial charge on any atom is -0.484 e. The van der Waals surface area contributed by atoms with Crippen LogP contribution in [0.5, 0.6) is 5.75 Å². The molecule has 0 saturated heterocycles. The van der Waals surface area contributed by atoms with Crippen LogP contribution in [0.1, 0.15) is 48.7 Å². The third kappa shape index (κ3) is 2.05. The minimum atomic E-state index is -0.00472. The quantitative estimate of drug-likeness (QED) is 0.914. The number of fused-ring (bicyclic) bond motifs is 1. The van der Waals surface area contributed by atoms with Gasteiger partial charge in [0.1, 0.15) is 11.9 Å². The summed E-state index contributed by atoms with van der Waals surface area (Å²) in [4.78, 5) is 4.29. The Labute approximate surface area is 126 Å². The molecule has 20 heavy (non-hydrogen) atoms. The van der Waals surface area contributed by atoms with Crippen LogP contribution in [0.3, 0.4) is 0 Å². The Morgan fingerprint density at radius 3 is 3.00 bits per heavy atom. The second-order valence-corrected chi connectivity index (χ2v) is 6.50. The van der Waals surface area contributed by atoms with Crippen molar-refractivity contribution in [3.63, 3.8) is 0 Å². The van der Waals surface area contributed by atoms with Gasteiger partial charge in [-0.2, -0.15) is 0 Å². The van der Waals surface area contributed by atoms with E-state index >= 15 is 0 Å². The standard InChI is InChI=1S/C15H16BrN3O/c16-9-1-4-11-12(17)6-15(20-14(11)5-9)13-7-18-8-19(13)10-2-3-10/h1,4-5,7-8,10,12,15H,2-3,6,17H2/t12-,15?/m1/s1. The molecule has 2 aromatic rings. The van der Waals surface area contributed by atoms with Crippen molar-refractivity contribution in [1.29, 1.82) is 0 Å². The predicted molar refractivity (Wildman–Crippen MR) is 79.6 cm³/mol. The molecule has 1 aromatic heterocycles. The van der Waals surface area contributed by atoms with Crippen molar-refractivity contribution < 1.29 is 4.74 Å². The molecule has 2 aliphatic rings. The number of hydrogen-bond donors (Lipinski definition) is 1. The van der Waals surface area contributed by atoms with E-state index in [0.717, 1.165) is 27.9 Å². The zero-order chi connectivity index (χ0) is 13.7. The number of aromatic nitrogens is 2. The van der Waals surface area contributed by atoms with Crippen molar-refractivity contribution in [2.24, 2.45) is 5.73 Å². The van der Waals surface area contributed by atoms with E-state index in [1.54, 1.807) is 0 Å². The molecule has 2 atom stereocenters. The maximum atomic E-state index is 6.31. The van der Waals surface area contributed by atoms with Gasteiger partial charge in [0, 0.05) is 28.5 Å². The average Bonchev–Trinajstić information content (AvgIpc) is 3.15. The van der Waals surface area contributed by atoms with E-state index in [0.29, 0.717) is 6.04 Å². The Balaban J connectivity index is 1.69. The van der Waals surface area contributed by atoms with Gasteiger partial charge in [0.05, 0.1) is 18.2 Å². The number of halogens is 1. The van der Waals surface area contributed by atoms with Gasteiger partial charge in [0.15, 0.2) is 0 Å². The summed E-state index contributed by atoms with van der Waals surface area (Å²) in [6, 6.07) is 6.67. The third-order valence-corrected chi connectivity index (χ3v) is 4.57. The van der Waals surface area contributed by atoms with E-state index < -0.39 is 0 Å². The van der Waals surface area contributed by atoms with E-state index in [2.05, 4.69) is 25.5 Å². The maximum Gasteiger partial charge on any atom is 0.142 e. The van der Waals surface area contributed by atoms with Gasteiger partial charge < -0.3 is 15.0 Å². The monoisotopic (exact) mass is 333 g/mol. The molecule has 1 aliphatic heterocycles. The lowest BCUT2D eigenvalue weighted by Crippen LogP contribution is -2.25. The SMILES string of the molecule is N[C@@H]1CC(c2cncn2C2CC2)Oc2cc(Br)ccc21. The highest BCUT2D eigenvalue weighted by Gasteiger charge is 2.33. The molecule has 4 rings (SSSR count). The molecule has 0 spiro atoms. The fraction of sp³-hybridized carbons (Fsp3) is 0.400. The van der Waals surface area contributed by atoms with E-state index in [4.69, 9.17) is 10.5 Å². The molecule has 2 heterocycles. The van der Waals surface area contributed by atoms with Gasteiger partial charge in [-0.1, -0.05) is 22.0 Å². The van der Waals surface area contributed by atoms with E-state index in [1.807, 2.05) is 30.7 Å². The zero-order valence-corrected chi connectivity index (χ0v) is 12.6. The van der Waals surface area contributed by atoms with Crippen LogP contribution < -0.4 is 10.5 Å². The van der Waals surface area contributed by atoms with Gasteiger partial charge in [0.2, 0.25) is 0 Å². The number of imidazole rings is 1. The lowest BCUT2D eigenvalue weighted by atomic mass is 9.96.